The summed E-state index contributed by atoms with van der Waals surface area (Å²) in [5.41, 5.74) is 2.43. The summed E-state index contributed by atoms with van der Waals surface area (Å²) in [5.74, 6) is -2.08. The molecule has 0 bridgehead atoms. The maximum atomic E-state index is 13.4. The molecule has 17 N–H and O–H groups in total. The minimum atomic E-state index is -1.55. The summed E-state index contributed by atoms with van der Waals surface area (Å²) in [6.07, 6.45) is -1.80. The molecule has 0 unspecified atom stereocenters. The van der Waals surface area contributed by atoms with Crippen molar-refractivity contribution >= 4 is 34.4 Å². The third kappa shape index (κ3) is 15.7. The number of imidazole rings is 1. The highest BCUT2D eigenvalue weighted by Crippen LogP contribution is 2.29. The molecule has 1 fully saturated rings. The second-order valence-corrected chi connectivity index (χ2v) is 15.3. The Kier molecular flexibility index (Phi) is 21.7. The zero-order valence-corrected chi connectivity index (χ0v) is 35.1. The molecule has 350 valence electrons. The first-order valence-electron chi connectivity index (χ1n) is 20.5. The van der Waals surface area contributed by atoms with Crippen molar-refractivity contribution in [2.45, 2.75) is 93.8 Å². The van der Waals surface area contributed by atoms with E-state index in [0.29, 0.717) is 18.2 Å². The Bertz CT molecular complexity index is 1960. The number of carbonyl (C=O) groups is 3. The van der Waals surface area contributed by atoms with Crippen LogP contribution < -0.4 is 16.0 Å². The normalized spacial score (nSPS) is 17.0. The van der Waals surface area contributed by atoms with Gasteiger partial charge in [0.15, 0.2) is 0 Å². The van der Waals surface area contributed by atoms with Gasteiger partial charge < -0.3 is 87.2 Å². The number of carbonyl (C=O) groups excluding carboxylic acids is 1. The molecule has 0 saturated heterocycles. The number of aromatic amines is 2. The molecule has 2 heterocycles. The Labute approximate surface area is 363 Å². The highest BCUT2D eigenvalue weighted by atomic mass is 16.4. The number of nitrogens with zero attached hydrogens (tertiary/aromatic N) is 1. The van der Waals surface area contributed by atoms with Gasteiger partial charge in [0.2, 0.25) is 0 Å². The fraction of sp³-hybridized carbons (Fsp3) is 0.524. The molecule has 21 nitrogen and oxygen atoms in total. The minimum absolute atomic E-state index is 0.0843. The summed E-state index contributed by atoms with van der Waals surface area (Å²) < 4.78 is 0. The number of aromatic nitrogens is 3. The summed E-state index contributed by atoms with van der Waals surface area (Å²) in [4.78, 5) is 47.6. The molecule has 1 amide bonds. The number of hydrogen-bond acceptors (Lipinski definition) is 16. The van der Waals surface area contributed by atoms with E-state index in [2.05, 4.69) is 30.9 Å². The minimum Gasteiger partial charge on any atom is -0.478 e. The summed E-state index contributed by atoms with van der Waals surface area (Å²) in [6, 6.07) is 11.4. The molecule has 0 radical (unpaired) electrons. The summed E-state index contributed by atoms with van der Waals surface area (Å²) in [5, 5.41) is 117. The molecule has 5 rings (SSSR count). The van der Waals surface area contributed by atoms with Gasteiger partial charge in [-0.05, 0) is 68.9 Å². The van der Waals surface area contributed by atoms with E-state index in [1.165, 1.54) is 25.0 Å². The van der Waals surface area contributed by atoms with Crippen LogP contribution in [0.1, 0.15) is 75.4 Å². The average molecular weight is 891 g/mol. The van der Waals surface area contributed by atoms with E-state index in [-0.39, 0.29) is 35.6 Å². The van der Waals surface area contributed by atoms with Crippen LogP contribution in [0.2, 0.25) is 0 Å². The van der Waals surface area contributed by atoms with Crippen molar-refractivity contribution in [2.75, 3.05) is 45.7 Å². The van der Waals surface area contributed by atoms with E-state index >= 15 is 0 Å². The second kappa shape index (κ2) is 26.0. The number of rotatable bonds is 19. The van der Waals surface area contributed by atoms with E-state index in [1.54, 1.807) is 14.1 Å². The maximum Gasteiger partial charge on any atom is 0.335 e. The number of nitrogens with one attached hydrogen (secondary N) is 5. The topological polar surface area (TPSA) is 375 Å². The maximum absolute atomic E-state index is 13.4. The number of likely N-dealkylation sites (N-methyl/N-ethyl adjacent to an activating group) is 2. The standard InChI is InChI=1S/C28H28N4O5.2C7H17NO5/c33-26(30-21-14-19(27(34)35)13-20(15-21)28(36)37)24-23(11-16-5-3-1-2-4-6-16)31-25(32-24)18-7-8-22-17(12-18)9-10-29-22;2*1-8-2-4(10)6(12)7(13)5(11)3-9/h7-10,12-16,29H,1-6,11H2,(H,30,33)(H,31,32)(H,34,35)(H,36,37);2*4-13H,2-3H2,1H3/t;2*4-,5+,6+,7+/m.00/s1. The number of aliphatic hydroxyl groups excluding tert-OH is 10. The number of fused-ring (bicyclic) bond motifs is 1. The highest BCUT2D eigenvalue weighted by Gasteiger charge is 2.30. The van der Waals surface area contributed by atoms with E-state index in [0.717, 1.165) is 53.9 Å². The molecule has 1 aliphatic rings. The van der Waals surface area contributed by atoms with Gasteiger partial charge in [-0.2, -0.15) is 0 Å². The molecule has 0 aliphatic heterocycles. The van der Waals surface area contributed by atoms with Crippen molar-refractivity contribution < 1.29 is 75.7 Å². The first-order chi connectivity index (χ1) is 29.9. The fourth-order valence-electron chi connectivity index (χ4n) is 6.86. The number of hydrogen-bond donors (Lipinski definition) is 17. The van der Waals surface area contributed by atoms with Crippen molar-refractivity contribution in [1.29, 1.82) is 0 Å². The lowest BCUT2D eigenvalue weighted by atomic mass is 9.94. The number of benzene rings is 2. The molecule has 2 aromatic carbocycles. The average Bonchev–Trinajstić information content (AvgIpc) is 3.84. The predicted octanol–water partition coefficient (Wildman–Crippen LogP) is -0.997. The number of carboxylic acid groups (broad SMARTS) is 2. The molecule has 63 heavy (non-hydrogen) atoms. The number of carboxylic acids is 2. The molecule has 1 saturated carbocycles. The molecular weight excluding hydrogens is 828 g/mol. The van der Waals surface area contributed by atoms with Crippen LogP contribution in [0.15, 0.2) is 48.7 Å². The Balaban J connectivity index is 0.000000334. The second-order valence-electron chi connectivity index (χ2n) is 15.3. The monoisotopic (exact) mass is 890 g/mol. The Morgan fingerprint density at radius 2 is 1.21 bits per heavy atom. The van der Waals surface area contributed by atoms with Crippen molar-refractivity contribution in [1.82, 2.24) is 25.6 Å². The van der Waals surface area contributed by atoms with E-state index in [1.807, 2.05) is 30.5 Å². The largest absolute Gasteiger partial charge is 0.478 e. The van der Waals surface area contributed by atoms with Crippen LogP contribution in [-0.2, 0) is 6.42 Å². The molecule has 1 aliphatic carbocycles. The zero-order valence-electron chi connectivity index (χ0n) is 35.1. The van der Waals surface area contributed by atoms with Crippen molar-refractivity contribution in [3.63, 3.8) is 0 Å². The summed E-state index contributed by atoms with van der Waals surface area (Å²) in [7, 11) is 3.15. The number of anilines is 1. The molecule has 2 aromatic heterocycles. The quantitative estimate of drug-likeness (QED) is 0.0502. The first-order valence-corrected chi connectivity index (χ1v) is 20.5. The van der Waals surface area contributed by atoms with E-state index < -0.39 is 79.9 Å². The predicted molar refractivity (Wildman–Crippen MR) is 229 cm³/mol. The van der Waals surface area contributed by atoms with Crippen LogP contribution in [0, 0.1) is 5.92 Å². The summed E-state index contributed by atoms with van der Waals surface area (Å²) >= 11 is 0. The third-order valence-corrected chi connectivity index (χ3v) is 10.5. The SMILES string of the molecule is CNC[C@H](O)[C@@H](O)[C@H](O)[C@H](O)CO.CNC[C@H](O)[C@@H](O)[C@H](O)[C@H](O)CO.O=C(O)c1cc(NC(=O)c2nc(-c3ccc4[nH]ccc4c3)[nH]c2CC2CCCCCC2)cc(C(=O)O)c1. The van der Waals surface area contributed by atoms with Crippen LogP contribution in [-0.4, -0.2) is 183 Å². The van der Waals surface area contributed by atoms with Crippen molar-refractivity contribution in [3.05, 3.63) is 71.2 Å². The Morgan fingerprint density at radius 3 is 1.68 bits per heavy atom. The van der Waals surface area contributed by atoms with Crippen LogP contribution >= 0.6 is 0 Å². The van der Waals surface area contributed by atoms with Gasteiger partial charge in [0.05, 0.1) is 36.5 Å². The van der Waals surface area contributed by atoms with Gasteiger partial charge in [-0.1, -0.05) is 38.5 Å². The van der Waals surface area contributed by atoms with Crippen LogP contribution in [0.3, 0.4) is 0 Å². The lowest BCUT2D eigenvalue weighted by Crippen LogP contribution is -2.48. The summed E-state index contributed by atoms with van der Waals surface area (Å²) in [6.45, 7) is -1.14. The lowest BCUT2D eigenvalue weighted by Gasteiger charge is -2.25. The molecule has 8 atom stereocenters. The number of aliphatic hydroxyl groups is 10. The molecular formula is C42H62N6O15. The fourth-order valence-corrected chi connectivity index (χ4v) is 6.86. The first kappa shape index (κ1) is 52.5. The number of amides is 1. The van der Waals surface area contributed by atoms with Crippen molar-refractivity contribution in [3.8, 4) is 11.4 Å². The molecule has 0 spiro atoms. The van der Waals surface area contributed by atoms with E-state index in [4.69, 9.17) is 40.9 Å². The van der Waals surface area contributed by atoms with Gasteiger partial charge in [0, 0.05) is 47.1 Å². The Morgan fingerprint density at radius 1 is 0.698 bits per heavy atom. The lowest BCUT2D eigenvalue weighted by molar-refractivity contribution is -0.113. The molecule has 21 heteroatoms. The van der Waals surface area contributed by atoms with Gasteiger partial charge in [0.25, 0.3) is 5.91 Å². The number of aromatic carboxylic acids is 2. The van der Waals surface area contributed by atoms with E-state index in [9.17, 15) is 34.8 Å². The number of H-pyrrole nitrogens is 2. The van der Waals surface area contributed by atoms with Gasteiger partial charge in [-0.15, -0.1) is 0 Å². The highest BCUT2D eigenvalue weighted by molar-refractivity contribution is 6.05. The van der Waals surface area contributed by atoms with Gasteiger partial charge in [0.1, 0.15) is 48.1 Å². The van der Waals surface area contributed by atoms with Crippen LogP contribution in [0.25, 0.3) is 22.3 Å². The van der Waals surface area contributed by atoms with Crippen LogP contribution in [0.5, 0.6) is 0 Å². The van der Waals surface area contributed by atoms with Gasteiger partial charge in [-0.3, -0.25) is 4.79 Å². The smallest absolute Gasteiger partial charge is 0.335 e. The Hall–Kier alpha value is -4.88. The third-order valence-electron chi connectivity index (χ3n) is 10.5. The van der Waals surface area contributed by atoms with Crippen LogP contribution in [0.4, 0.5) is 5.69 Å². The van der Waals surface area contributed by atoms with Gasteiger partial charge in [-0.25, -0.2) is 14.6 Å². The van der Waals surface area contributed by atoms with Gasteiger partial charge >= 0.3 is 11.9 Å². The van der Waals surface area contributed by atoms with Crippen molar-refractivity contribution in [2.24, 2.45) is 5.92 Å². The zero-order chi connectivity index (χ0) is 46.8. The molecule has 4 aromatic rings.